The standard InChI is InChI=1S/C24H24N4O2/c29-24(25-16-22(23-10-5-15-30-23)28-13-1-2-14-28)20-9-4-6-17-18(20)7-3-8-19(17)21-11-12-26-27-21/h3-12,15,22H,1-2,13-14,16H2,(H,25,29)(H,26,27). The number of aromatic nitrogens is 2. The molecule has 6 nitrogen and oxygen atoms in total. The first-order valence-corrected chi connectivity index (χ1v) is 10.4. The van der Waals surface area contributed by atoms with Crippen LogP contribution in [0.25, 0.3) is 22.0 Å². The van der Waals surface area contributed by atoms with Gasteiger partial charge in [0.2, 0.25) is 0 Å². The summed E-state index contributed by atoms with van der Waals surface area (Å²) in [6.45, 7) is 2.58. The molecule has 1 amide bonds. The molecule has 2 aromatic carbocycles. The molecule has 5 rings (SSSR count). The number of rotatable bonds is 6. The number of hydrogen-bond acceptors (Lipinski definition) is 4. The van der Waals surface area contributed by atoms with Crippen LogP contribution in [-0.2, 0) is 0 Å². The predicted molar refractivity (Wildman–Crippen MR) is 116 cm³/mol. The fourth-order valence-electron chi connectivity index (χ4n) is 4.38. The third kappa shape index (κ3) is 3.50. The lowest BCUT2D eigenvalue weighted by atomic mass is 9.98. The Morgan fingerprint density at radius 1 is 1.07 bits per heavy atom. The number of carbonyl (C=O) groups is 1. The number of carbonyl (C=O) groups excluding carboxylic acids is 1. The lowest BCUT2D eigenvalue weighted by Crippen LogP contribution is -2.36. The Morgan fingerprint density at radius 2 is 1.90 bits per heavy atom. The first-order chi connectivity index (χ1) is 14.8. The number of likely N-dealkylation sites (tertiary alicyclic amines) is 1. The number of nitrogens with zero attached hydrogens (tertiary/aromatic N) is 2. The molecule has 2 aromatic heterocycles. The van der Waals surface area contributed by atoms with Crippen molar-refractivity contribution in [1.29, 1.82) is 0 Å². The number of hydrogen-bond donors (Lipinski definition) is 2. The van der Waals surface area contributed by atoms with Gasteiger partial charge in [0, 0.05) is 23.9 Å². The molecule has 0 saturated carbocycles. The molecule has 4 aromatic rings. The van der Waals surface area contributed by atoms with Gasteiger partial charge in [-0.2, -0.15) is 5.10 Å². The van der Waals surface area contributed by atoms with E-state index in [0.717, 1.165) is 40.9 Å². The Balaban J connectivity index is 1.41. The van der Waals surface area contributed by atoms with Crippen molar-refractivity contribution in [2.24, 2.45) is 0 Å². The number of amides is 1. The van der Waals surface area contributed by atoms with E-state index >= 15 is 0 Å². The average molecular weight is 400 g/mol. The van der Waals surface area contributed by atoms with E-state index in [1.165, 1.54) is 12.8 Å². The second kappa shape index (κ2) is 8.16. The highest BCUT2D eigenvalue weighted by Crippen LogP contribution is 2.29. The first kappa shape index (κ1) is 18.6. The minimum absolute atomic E-state index is 0.0574. The molecule has 2 N–H and O–H groups in total. The summed E-state index contributed by atoms with van der Waals surface area (Å²) < 4.78 is 5.67. The smallest absolute Gasteiger partial charge is 0.251 e. The van der Waals surface area contributed by atoms with Crippen molar-refractivity contribution in [2.45, 2.75) is 18.9 Å². The Hall–Kier alpha value is -3.38. The van der Waals surface area contributed by atoms with Gasteiger partial charge >= 0.3 is 0 Å². The van der Waals surface area contributed by atoms with Gasteiger partial charge in [-0.25, -0.2) is 0 Å². The topological polar surface area (TPSA) is 74.2 Å². The molecule has 30 heavy (non-hydrogen) atoms. The second-order valence-corrected chi connectivity index (χ2v) is 7.66. The summed E-state index contributed by atoms with van der Waals surface area (Å²) in [5, 5.41) is 12.2. The molecule has 6 heteroatoms. The first-order valence-electron chi connectivity index (χ1n) is 10.4. The van der Waals surface area contributed by atoms with Gasteiger partial charge in [-0.05, 0) is 61.0 Å². The van der Waals surface area contributed by atoms with Crippen LogP contribution in [0.2, 0.25) is 0 Å². The molecule has 1 saturated heterocycles. The summed E-state index contributed by atoms with van der Waals surface area (Å²) in [7, 11) is 0. The maximum absolute atomic E-state index is 13.2. The SMILES string of the molecule is O=C(NCC(c1ccco1)N1CCCC1)c1cccc2c(-c3ccn[nH]3)cccc12. The molecule has 1 fully saturated rings. The van der Waals surface area contributed by atoms with Gasteiger partial charge in [0.15, 0.2) is 0 Å². The van der Waals surface area contributed by atoms with Crippen LogP contribution >= 0.6 is 0 Å². The van der Waals surface area contributed by atoms with E-state index in [4.69, 9.17) is 4.42 Å². The van der Waals surface area contributed by atoms with Crippen molar-refractivity contribution in [3.63, 3.8) is 0 Å². The highest BCUT2D eigenvalue weighted by atomic mass is 16.3. The normalized spacial score (nSPS) is 15.5. The van der Waals surface area contributed by atoms with Gasteiger partial charge in [-0.15, -0.1) is 0 Å². The largest absolute Gasteiger partial charge is 0.468 e. The van der Waals surface area contributed by atoms with E-state index in [-0.39, 0.29) is 11.9 Å². The van der Waals surface area contributed by atoms with E-state index in [1.807, 2.05) is 54.6 Å². The van der Waals surface area contributed by atoms with Gasteiger partial charge in [0.25, 0.3) is 5.91 Å². The van der Waals surface area contributed by atoms with Gasteiger partial charge in [-0.3, -0.25) is 14.8 Å². The summed E-state index contributed by atoms with van der Waals surface area (Å²) in [5.74, 6) is 0.828. The van der Waals surface area contributed by atoms with E-state index < -0.39 is 0 Å². The minimum Gasteiger partial charge on any atom is -0.468 e. The van der Waals surface area contributed by atoms with Crippen LogP contribution in [-0.4, -0.2) is 40.6 Å². The fraction of sp³-hybridized carbons (Fsp3) is 0.250. The lowest BCUT2D eigenvalue weighted by Gasteiger charge is -2.26. The molecule has 1 unspecified atom stereocenters. The average Bonchev–Trinajstić information content (AvgIpc) is 3.57. The van der Waals surface area contributed by atoms with Gasteiger partial charge in [0.05, 0.1) is 18.0 Å². The van der Waals surface area contributed by atoms with E-state index in [1.54, 1.807) is 12.5 Å². The number of benzene rings is 2. The van der Waals surface area contributed by atoms with Crippen LogP contribution in [0.1, 0.15) is 35.0 Å². The Bertz CT molecular complexity index is 1130. The molecular weight excluding hydrogens is 376 g/mol. The molecule has 0 spiro atoms. The molecule has 1 aliphatic heterocycles. The Morgan fingerprint density at radius 3 is 2.67 bits per heavy atom. The number of furan rings is 1. The molecule has 0 aliphatic carbocycles. The van der Waals surface area contributed by atoms with Crippen molar-refractivity contribution in [3.8, 4) is 11.3 Å². The fourth-order valence-corrected chi connectivity index (χ4v) is 4.38. The van der Waals surface area contributed by atoms with Crippen molar-refractivity contribution in [3.05, 3.63) is 78.4 Å². The van der Waals surface area contributed by atoms with Gasteiger partial charge in [-0.1, -0.05) is 30.3 Å². The molecule has 152 valence electrons. The second-order valence-electron chi connectivity index (χ2n) is 7.66. The molecule has 1 atom stereocenters. The number of nitrogens with one attached hydrogen (secondary N) is 2. The highest BCUT2D eigenvalue weighted by Gasteiger charge is 2.26. The van der Waals surface area contributed by atoms with Crippen LogP contribution in [0.4, 0.5) is 0 Å². The van der Waals surface area contributed by atoms with Gasteiger partial charge in [0.1, 0.15) is 5.76 Å². The third-order valence-electron chi connectivity index (χ3n) is 5.87. The zero-order valence-electron chi connectivity index (χ0n) is 16.7. The van der Waals surface area contributed by atoms with Crippen LogP contribution in [0, 0.1) is 0 Å². The molecule has 1 aliphatic rings. The molecule has 0 radical (unpaired) electrons. The summed E-state index contributed by atoms with van der Waals surface area (Å²) in [6, 6.07) is 17.8. The van der Waals surface area contributed by atoms with Crippen LogP contribution in [0.15, 0.2) is 71.5 Å². The minimum atomic E-state index is -0.0712. The van der Waals surface area contributed by atoms with E-state index in [9.17, 15) is 4.79 Å². The maximum atomic E-state index is 13.2. The highest BCUT2D eigenvalue weighted by molar-refractivity contribution is 6.10. The molecular formula is C24H24N4O2. The van der Waals surface area contributed by atoms with Crippen LogP contribution in [0.5, 0.6) is 0 Å². The van der Waals surface area contributed by atoms with Crippen molar-refractivity contribution in [2.75, 3.05) is 19.6 Å². The van der Waals surface area contributed by atoms with Crippen LogP contribution < -0.4 is 5.32 Å². The van der Waals surface area contributed by atoms with Crippen molar-refractivity contribution < 1.29 is 9.21 Å². The quantitative estimate of drug-likeness (QED) is 0.503. The molecule has 3 heterocycles. The summed E-state index contributed by atoms with van der Waals surface area (Å²) >= 11 is 0. The number of fused-ring (bicyclic) bond motifs is 1. The zero-order chi connectivity index (χ0) is 20.3. The summed E-state index contributed by atoms with van der Waals surface area (Å²) in [5.41, 5.74) is 2.64. The maximum Gasteiger partial charge on any atom is 0.251 e. The van der Waals surface area contributed by atoms with E-state index in [0.29, 0.717) is 12.1 Å². The van der Waals surface area contributed by atoms with Crippen molar-refractivity contribution >= 4 is 16.7 Å². The van der Waals surface area contributed by atoms with Gasteiger partial charge < -0.3 is 9.73 Å². The Kier molecular flexibility index (Phi) is 5.07. The summed E-state index contributed by atoms with van der Waals surface area (Å²) in [6.07, 6.45) is 5.80. The monoisotopic (exact) mass is 400 g/mol. The molecule has 0 bridgehead atoms. The van der Waals surface area contributed by atoms with Crippen LogP contribution in [0.3, 0.4) is 0 Å². The lowest BCUT2D eigenvalue weighted by molar-refractivity contribution is 0.0935. The number of H-pyrrole nitrogens is 1. The third-order valence-corrected chi connectivity index (χ3v) is 5.87. The predicted octanol–water partition coefficient (Wildman–Crippen LogP) is 4.39. The zero-order valence-corrected chi connectivity index (χ0v) is 16.7. The Labute approximate surface area is 174 Å². The van der Waals surface area contributed by atoms with Crippen molar-refractivity contribution in [1.82, 2.24) is 20.4 Å². The summed E-state index contributed by atoms with van der Waals surface area (Å²) in [4.78, 5) is 15.6. The number of aromatic amines is 1. The van der Waals surface area contributed by atoms with E-state index in [2.05, 4.69) is 20.4 Å².